The monoisotopic (exact) mass is 203 g/mol. The summed E-state index contributed by atoms with van der Waals surface area (Å²) in [5.41, 5.74) is 5.23. The molecule has 0 saturated carbocycles. The molecular weight excluding hydrogens is 178 g/mol. The summed E-state index contributed by atoms with van der Waals surface area (Å²) in [5, 5.41) is 6.44. The van der Waals surface area contributed by atoms with E-state index < -0.39 is 0 Å². The Balaban J connectivity index is 0.000000249. The molecule has 0 radical (unpaired) electrons. The van der Waals surface area contributed by atoms with Gasteiger partial charge in [-0.1, -0.05) is 0 Å². The van der Waals surface area contributed by atoms with Crippen molar-refractivity contribution in [3.8, 4) is 0 Å². The normalized spacial score (nSPS) is 16.3. The summed E-state index contributed by atoms with van der Waals surface area (Å²) in [6.07, 6.45) is 1.32. The van der Waals surface area contributed by atoms with E-state index in [0.717, 1.165) is 45.8 Å². The first-order valence-electron chi connectivity index (χ1n) is 5.50. The van der Waals surface area contributed by atoms with E-state index in [1.54, 1.807) is 0 Å². The summed E-state index contributed by atoms with van der Waals surface area (Å²) in [7, 11) is 0. The Morgan fingerprint density at radius 3 is 1.93 bits per heavy atom. The number of hydrogen-bond donors (Lipinski definition) is 3. The molecule has 1 fully saturated rings. The molecule has 1 aliphatic heterocycles. The van der Waals surface area contributed by atoms with E-state index in [4.69, 9.17) is 10.5 Å². The van der Waals surface area contributed by atoms with E-state index in [9.17, 15) is 0 Å². The van der Waals surface area contributed by atoms with Crippen molar-refractivity contribution in [3.05, 3.63) is 0 Å². The van der Waals surface area contributed by atoms with Gasteiger partial charge in [0.1, 0.15) is 0 Å². The van der Waals surface area contributed by atoms with Gasteiger partial charge in [0.15, 0.2) is 0 Å². The van der Waals surface area contributed by atoms with Crippen molar-refractivity contribution in [3.63, 3.8) is 0 Å². The van der Waals surface area contributed by atoms with Crippen LogP contribution in [0, 0.1) is 0 Å². The zero-order valence-corrected chi connectivity index (χ0v) is 9.51. The van der Waals surface area contributed by atoms with Gasteiger partial charge in [-0.2, -0.15) is 0 Å². The van der Waals surface area contributed by atoms with E-state index in [-0.39, 0.29) is 0 Å². The van der Waals surface area contributed by atoms with Crippen LogP contribution in [0.15, 0.2) is 0 Å². The van der Waals surface area contributed by atoms with Crippen LogP contribution in [0.5, 0.6) is 0 Å². The molecule has 14 heavy (non-hydrogen) atoms. The zero-order valence-electron chi connectivity index (χ0n) is 9.51. The minimum atomic E-state index is 0.349. The maximum atomic E-state index is 5.23. The van der Waals surface area contributed by atoms with Gasteiger partial charge in [-0.3, -0.25) is 0 Å². The summed E-state index contributed by atoms with van der Waals surface area (Å²) in [5.74, 6) is 0. The van der Waals surface area contributed by atoms with Gasteiger partial charge in [-0.15, -0.1) is 0 Å². The van der Waals surface area contributed by atoms with Gasteiger partial charge in [0.25, 0.3) is 0 Å². The molecule has 0 aromatic carbocycles. The Bertz CT molecular complexity index is 94.0. The minimum absolute atomic E-state index is 0.349. The number of nitrogens with one attached hydrogen (secondary N) is 2. The molecule has 0 aromatic rings. The molecule has 0 aromatic heterocycles. The van der Waals surface area contributed by atoms with Crippen LogP contribution in [0.25, 0.3) is 0 Å². The Labute approximate surface area is 87.6 Å². The molecule has 0 spiro atoms. The molecule has 1 aliphatic rings. The lowest BCUT2D eigenvalue weighted by Crippen LogP contribution is -2.39. The molecule has 4 nitrogen and oxygen atoms in total. The molecule has 86 valence electrons. The first-order chi connectivity index (χ1) is 6.77. The first kappa shape index (κ1) is 13.8. The fourth-order valence-electron chi connectivity index (χ4n) is 1.01. The predicted molar refractivity (Wildman–Crippen MR) is 60.5 cm³/mol. The summed E-state index contributed by atoms with van der Waals surface area (Å²) in [6.45, 7) is 10.1. The number of piperazine rings is 1. The summed E-state index contributed by atoms with van der Waals surface area (Å²) >= 11 is 0. The van der Waals surface area contributed by atoms with Crippen molar-refractivity contribution >= 4 is 0 Å². The number of rotatable bonds is 4. The molecule has 1 heterocycles. The molecule has 0 bridgehead atoms. The van der Waals surface area contributed by atoms with E-state index in [1.165, 1.54) is 0 Å². The van der Waals surface area contributed by atoms with Gasteiger partial charge in [0.2, 0.25) is 0 Å². The fraction of sp³-hybridized carbons (Fsp3) is 1.00. The average Bonchev–Trinajstić information content (AvgIpc) is 2.21. The Kier molecular flexibility index (Phi) is 10.8. The van der Waals surface area contributed by atoms with Crippen LogP contribution in [-0.4, -0.2) is 45.4 Å². The molecule has 1 rings (SSSR count). The second-order valence-electron chi connectivity index (χ2n) is 3.56. The smallest absolute Gasteiger partial charge is 0.0518 e. The van der Waals surface area contributed by atoms with Gasteiger partial charge >= 0.3 is 0 Å². The van der Waals surface area contributed by atoms with Gasteiger partial charge in [0.05, 0.1) is 6.10 Å². The number of ether oxygens (including phenoxy) is 1. The van der Waals surface area contributed by atoms with Crippen molar-refractivity contribution in [2.45, 2.75) is 26.4 Å². The third-order valence-corrected chi connectivity index (χ3v) is 1.76. The number of hydrogen-bond acceptors (Lipinski definition) is 4. The van der Waals surface area contributed by atoms with Crippen molar-refractivity contribution in [1.82, 2.24) is 10.6 Å². The van der Waals surface area contributed by atoms with E-state index in [0.29, 0.717) is 6.10 Å². The molecular formula is C10H25N3O. The second-order valence-corrected chi connectivity index (χ2v) is 3.56. The summed E-state index contributed by atoms with van der Waals surface area (Å²) in [4.78, 5) is 0. The van der Waals surface area contributed by atoms with Crippen LogP contribution >= 0.6 is 0 Å². The van der Waals surface area contributed by atoms with Crippen LogP contribution < -0.4 is 16.4 Å². The zero-order chi connectivity index (χ0) is 10.6. The maximum absolute atomic E-state index is 5.23. The predicted octanol–water partition coefficient (Wildman–Crippen LogP) is -0.0606. The van der Waals surface area contributed by atoms with Crippen LogP contribution in [0.1, 0.15) is 20.3 Å². The average molecular weight is 203 g/mol. The van der Waals surface area contributed by atoms with Crippen LogP contribution in [0.2, 0.25) is 0 Å². The highest BCUT2D eigenvalue weighted by Crippen LogP contribution is 1.87. The van der Waals surface area contributed by atoms with Crippen molar-refractivity contribution in [2.24, 2.45) is 5.73 Å². The highest BCUT2D eigenvalue weighted by atomic mass is 16.5. The Hall–Kier alpha value is -0.160. The second kappa shape index (κ2) is 10.9. The topological polar surface area (TPSA) is 59.3 Å². The van der Waals surface area contributed by atoms with Gasteiger partial charge < -0.3 is 21.1 Å². The summed E-state index contributed by atoms with van der Waals surface area (Å²) in [6, 6.07) is 0. The van der Waals surface area contributed by atoms with Crippen LogP contribution in [0.4, 0.5) is 0 Å². The Morgan fingerprint density at radius 2 is 1.64 bits per heavy atom. The highest BCUT2D eigenvalue weighted by molar-refractivity contribution is 4.59. The highest BCUT2D eigenvalue weighted by Gasteiger charge is 1.91. The van der Waals surface area contributed by atoms with E-state index >= 15 is 0 Å². The third kappa shape index (κ3) is 11.8. The van der Waals surface area contributed by atoms with Crippen molar-refractivity contribution in [1.29, 1.82) is 0 Å². The van der Waals surface area contributed by atoms with Gasteiger partial charge in [-0.25, -0.2) is 0 Å². The molecule has 0 unspecified atom stereocenters. The minimum Gasteiger partial charge on any atom is -0.379 e. The lowest BCUT2D eigenvalue weighted by molar-refractivity contribution is 0.0782. The largest absolute Gasteiger partial charge is 0.379 e. The molecule has 4 heteroatoms. The fourth-order valence-corrected chi connectivity index (χ4v) is 1.01. The Morgan fingerprint density at radius 1 is 1.14 bits per heavy atom. The quantitative estimate of drug-likeness (QED) is 0.560. The first-order valence-corrected chi connectivity index (χ1v) is 5.50. The summed E-state index contributed by atoms with van der Waals surface area (Å²) < 4.78 is 5.20. The standard InChI is InChI=1S/C6H15NO.C4H10N2/c1-6(2)8-5-3-4-7;1-2-6-4-3-5-1/h6H,3-5,7H2,1-2H3;5-6H,1-4H2. The van der Waals surface area contributed by atoms with Crippen molar-refractivity contribution < 1.29 is 4.74 Å². The molecule has 0 aliphatic carbocycles. The van der Waals surface area contributed by atoms with Crippen LogP contribution in [0.3, 0.4) is 0 Å². The lowest BCUT2D eigenvalue weighted by Gasteiger charge is -2.11. The molecule has 1 saturated heterocycles. The van der Waals surface area contributed by atoms with Gasteiger partial charge in [-0.05, 0) is 26.8 Å². The van der Waals surface area contributed by atoms with E-state index in [1.807, 2.05) is 13.8 Å². The third-order valence-electron chi connectivity index (χ3n) is 1.76. The van der Waals surface area contributed by atoms with Crippen molar-refractivity contribution in [2.75, 3.05) is 39.3 Å². The molecule has 4 N–H and O–H groups in total. The SMILES string of the molecule is C1CNCCN1.CC(C)OCCCN. The van der Waals surface area contributed by atoms with E-state index in [2.05, 4.69) is 10.6 Å². The molecule has 0 amide bonds. The number of nitrogens with two attached hydrogens (primary N) is 1. The lowest BCUT2D eigenvalue weighted by atomic mass is 10.4. The molecule has 0 atom stereocenters. The van der Waals surface area contributed by atoms with Crippen LogP contribution in [-0.2, 0) is 4.74 Å². The maximum Gasteiger partial charge on any atom is 0.0518 e. The van der Waals surface area contributed by atoms with Gasteiger partial charge in [0, 0.05) is 32.8 Å².